The molecule has 1 heterocycles. The second-order valence-corrected chi connectivity index (χ2v) is 7.01. The second kappa shape index (κ2) is 7.50. The van der Waals surface area contributed by atoms with E-state index in [1.807, 2.05) is 6.92 Å². The molecule has 26 heavy (non-hydrogen) atoms. The number of rotatable bonds is 6. The molecule has 138 valence electrons. The summed E-state index contributed by atoms with van der Waals surface area (Å²) in [5, 5.41) is 12.6. The van der Waals surface area contributed by atoms with E-state index < -0.39 is 12.0 Å². The molecule has 0 spiro atoms. The monoisotopic (exact) mass is 376 g/mol. The van der Waals surface area contributed by atoms with Crippen LogP contribution in [0, 0.1) is 0 Å². The molecule has 2 amide bonds. The smallest absolute Gasteiger partial charge is 0.326 e. The summed E-state index contributed by atoms with van der Waals surface area (Å²) in [6, 6.07) is 3.96. The molecule has 0 saturated carbocycles. The maximum absolute atomic E-state index is 12.7. The Morgan fingerprint density at radius 3 is 2.38 bits per heavy atom. The maximum Gasteiger partial charge on any atom is 0.326 e. The van der Waals surface area contributed by atoms with Gasteiger partial charge in [0.05, 0.1) is 16.4 Å². The Labute approximate surface area is 156 Å². The number of carbonyl (C=O) groups is 3. The Hall–Kier alpha value is -2.34. The predicted octanol–water partition coefficient (Wildman–Crippen LogP) is 3.75. The molecule has 1 aromatic rings. The second-order valence-electron chi connectivity index (χ2n) is 6.60. The van der Waals surface area contributed by atoms with Gasteiger partial charge in [-0.05, 0) is 50.3 Å². The van der Waals surface area contributed by atoms with Crippen molar-refractivity contribution in [2.24, 2.45) is 0 Å². The number of carboxylic acid groups (broad SMARTS) is 1. The highest BCUT2D eigenvalue weighted by Gasteiger charge is 2.39. The van der Waals surface area contributed by atoms with Crippen molar-refractivity contribution < 1.29 is 19.5 Å². The van der Waals surface area contributed by atoms with Crippen LogP contribution in [0.15, 0.2) is 29.3 Å². The number of amides is 2. The van der Waals surface area contributed by atoms with Gasteiger partial charge < -0.3 is 10.4 Å². The van der Waals surface area contributed by atoms with Gasteiger partial charge in [-0.2, -0.15) is 0 Å². The van der Waals surface area contributed by atoms with Crippen LogP contribution in [-0.4, -0.2) is 28.9 Å². The Balaban J connectivity index is 1.89. The summed E-state index contributed by atoms with van der Waals surface area (Å²) in [7, 11) is 0. The van der Waals surface area contributed by atoms with Crippen molar-refractivity contribution in [3.8, 4) is 0 Å². The summed E-state index contributed by atoms with van der Waals surface area (Å²) < 4.78 is 0. The molecule has 0 aromatic heterocycles. The van der Waals surface area contributed by atoms with Crippen LogP contribution in [0.3, 0.4) is 0 Å². The lowest BCUT2D eigenvalue weighted by Gasteiger charge is -2.20. The van der Waals surface area contributed by atoms with Crippen molar-refractivity contribution >= 4 is 40.8 Å². The number of hydrogen-bond acceptors (Lipinski definition) is 4. The van der Waals surface area contributed by atoms with E-state index in [4.69, 9.17) is 11.6 Å². The first-order chi connectivity index (χ1) is 12.4. The molecule has 2 aliphatic rings. The molecule has 1 aliphatic carbocycles. The Morgan fingerprint density at radius 2 is 1.85 bits per heavy atom. The first-order valence-corrected chi connectivity index (χ1v) is 9.21. The predicted molar refractivity (Wildman–Crippen MR) is 99.4 cm³/mol. The lowest BCUT2D eigenvalue weighted by Crippen LogP contribution is -2.32. The minimum atomic E-state index is -0.973. The van der Waals surface area contributed by atoms with Crippen LogP contribution in [0.5, 0.6) is 0 Å². The van der Waals surface area contributed by atoms with E-state index in [1.54, 1.807) is 18.2 Å². The van der Waals surface area contributed by atoms with Gasteiger partial charge in [0, 0.05) is 11.1 Å². The van der Waals surface area contributed by atoms with Gasteiger partial charge in [0.25, 0.3) is 11.8 Å². The summed E-state index contributed by atoms with van der Waals surface area (Å²) in [5.74, 6) is -1.53. The Morgan fingerprint density at radius 1 is 1.23 bits per heavy atom. The SMILES string of the molecule is CCCC(Nc1cc(N2C(=O)C3=C(CCCC3)C2=O)ccc1Cl)C(=O)O. The largest absolute Gasteiger partial charge is 0.480 e. The van der Waals surface area contributed by atoms with Crippen LogP contribution in [0.2, 0.25) is 5.02 Å². The molecule has 0 fully saturated rings. The molecule has 1 aliphatic heterocycles. The van der Waals surface area contributed by atoms with Crippen molar-refractivity contribution in [1.82, 2.24) is 0 Å². The van der Waals surface area contributed by atoms with Crippen LogP contribution in [-0.2, 0) is 14.4 Å². The Kier molecular flexibility index (Phi) is 5.32. The average molecular weight is 377 g/mol. The van der Waals surface area contributed by atoms with E-state index >= 15 is 0 Å². The third-order valence-corrected chi connectivity index (χ3v) is 5.13. The van der Waals surface area contributed by atoms with Crippen molar-refractivity contribution in [2.45, 2.75) is 51.5 Å². The van der Waals surface area contributed by atoms with Crippen molar-refractivity contribution in [3.63, 3.8) is 0 Å². The van der Waals surface area contributed by atoms with Gasteiger partial charge in [0.2, 0.25) is 0 Å². The van der Waals surface area contributed by atoms with Crippen LogP contribution in [0.25, 0.3) is 0 Å². The van der Waals surface area contributed by atoms with Gasteiger partial charge in [0.1, 0.15) is 6.04 Å². The molecule has 7 heteroatoms. The number of hydrogen-bond donors (Lipinski definition) is 2. The van der Waals surface area contributed by atoms with Gasteiger partial charge >= 0.3 is 5.97 Å². The summed E-state index contributed by atoms with van der Waals surface area (Å²) >= 11 is 6.19. The lowest BCUT2D eigenvalue weighted by atomic mass is 9.93. The number of halogens is 1. The molecule has 0 saturated heterocycles. The van der Waals surface area contributed by atoms with Gasteiger partial charge in [0.15, 0.2) is 0 Å². The zero-order valence-electron chi connectivity index (χ0n) is 14.5. The number of anilines is 2. The molecule has 0 radical (unpaired) electrons. The van der Waals surface area contributed by atoms with E-state index in [2.05, 4.69) is 5.32 Å². The van der Waals surface area contributed by atoms with Gasteiger partial charge in [-0.3, -0.25) is 9.59 Å². The summed E-state index contributed by atoms with van der Waals surface area (Å²) in [6.45, 7) is 1.90. The molecule has 6 nitrogen and oxygen atoms in total. The van der Waals surface area contributed by atoms with E-state index in [0.29, 0.717) is 53.2 Å². The zero-order valence-corrected chi connectivity index (χ0v) is 15.3. The molecular weight excluding hydrogens is 356 g/mol. The molecule has 2 N–H and O–H groups in total. The molecule has 1 atom stereocenters. The van der Waals surface area contributed by atoms with E-state index in [-0.39, 0.29) is 11.8 Å². The molecule has 0 bridgehead atoms. The van der Waals surface area contributed by atoms with Crippen LogP contribution in [0.4, 0.5) is 11.4 Å². The third kappa shape index (κ3) is 3.33. The van der Waals surface area contributed by atoms with Crippen LogP contribution >= 0.6 is 11.6 Å². The topological polar surface area (TPSA) is 86.7 Å². The number of aliphatic carboxylic acids is 1. The Bertz CT molecular complexity index is 775. The van der Waals surface area contributed by atoms with Crippen LogP contribution in [0.1, 0.15) is 45.4 Å². The molecular formula is C19H21ClN2O4. The number of nitrogens with one attached hydrogen (secondary N) is 1. The number of carbonyl (C=O) groups excluding carboxylic acids is 2. The maximum atomic E-state index is 12.7. The number of benzene rings is 1. The standard InChI is InChI=1S/C19H21ClN2O4/c1-2-5-15(19(25)26)21-16-10-11(8-9-14(16)20)22-17(23)12-6-3-4-7-13(12)18(22)24/h8-10,15,21H,2-7H2,1H3,(H,25,26). The van der Waals surface area contributed by atoms with Crippen molar-refractivity contribution in [1.29, 1.82) is 0 Å². The molecule has 3 rings (SSSR count). The third-order valence-electron chi connectivity index (χ3n) is 4.80. The average Bonchev–Trinajstić information content (AvgIpc) is 2.88. The van der Waals surface area contributed by atoms with Crippen molar-refractivity contribution in [2.75, 3.05) is 10.2 Å². The highest BCUT2D eigenvalue weighted by molar-refractivity contribution is 6.35. The lowest BCUT2D eigenvalue weighted by molar-refractivity contribution is -0.138. The highest BCUT2D eigenvalue weighted by atomic mass is 35.5. The fourth-order valence-electron chi connectivity index (χ4n) is 3.47. The normalized spacial score (nSPS) is 18.2. The zero-order chi connectivity index (χ0) is 18.8. The fourth-order valence-corrected chi connectivity index (χ4v) is 3.64. The van der Waals surface area contributed by atoms with E-state index in [9.17, 15) is 19.5 Å². The number of carboxylic acids is 1. The quantitative estimate of drug-likeness (QED) is 0.738. The highest BCUT2D eigenvalue weighted by Crippen LogP contribution is 2.37. The summed E-state index contributed by atoms with van der Waals surface area (Å²) in [6.07, 6.45) is 4.22. The van der Waals surface area contributed by atoms with Crippen molar-refractivity contribution in [3.05, 3.63) is 34.4 Å². The number of nitrogens with zero attached hydrogens (tertiary/aromatic N) is 1. The van der Waals surface area contributed by atoms with E-state index in [1.165, 1.54) is 4.90 Å². The molecule has 1 aromatic carbocycles. The van der Waals surface area contributed by atoms with Crippen LogP contribution < -0.4 is 10.2 Å². The minimum Gasteiger partial charge on any atom is -0.480 e. The summed E-state index contributed by atoms with van der Waals surface area (Å²) in [4.78, 5) is 37.9. The van der Waals surface area contributed by atoms with Gasteiger partial charge in [-0.25, -0.2) is 9.69 Å². The number of imide groups is 1. The fraction of sp³-hybridized carbons (Fsp3) is 0.421. The minimum absolute atomic E-state index is 0.277. The van der Waals surface area contributed by atoms with E-state index in [0.717, 1.165) is 12.8 Å². The first-order valence-electron chi connectivity index (χ1n) is 8.83. The van der Waals surface area contributed by atoms with Gasteiger partial charge in [-0.15, -0.1) is 0 Å². The molecule has 1 unspecified atom stereocenters. The van der Waals surface area contributed by atoms with Gasteiger partial charge in [-0.1, -0.05) is 24.9 Å². The first kappa shape index (κ1) is 18.5. The summed E-state index contributed by atoms with van der Waals surface area (Å²) in [5.41, 5.74) is 2.03.